The molecule has 1 aromatic rings. The summed E-state index contributed by atoms with van der Waals surface area (Å²) in [5, 5.41) is 9.40. The molecule has 1 unspecified atom stereocenters. The Balaban J connectivity index is 2.50. The van der Waals surface area contributed by atoms with Gasteiger partial charge in [-0.1, -0.05) is 41.9 Å². The number of rotatable bonds is 2. The number of aliphatic carboxylic acids is 1. The molecule has 4 heteroatoms. The van der Waals surface area contributed by atoms with Crippen molar-refractivity contribution in [1.29, 1.82) is 0 Å². The van der Waals surface area contributed by atoms with Gasteiger partial charge < -0.3 is 5.11 Å². The van der Waals surface area contributed by atoms with Crippen LogP contribution in [0.2, 0.25) is 0 Å². The molecule has 0 bridgehead atoms. The zero-order valence-electron chi connectivity index (χ0n) is 9.78. The Labute approximate surface area is 116 Å². The predicted octanol–water partition coefficient (Wildman–Crippen LogP) is 4.05. The van der Waals surface area contributed by atoms with Gasteiger partial charge in [-0.15, -0.1) is 11.6 Å². The first kappa shape index (κ1) is 13.2. The van der Waals surface area contributed by atoms with E-state index in [1.165, 1.54) is 0 Å². The Kier molecular flexibility index (Phi) is 3.51. The monoisotopic (exact) mass is 282 g/mol. The molecule has 18 heavy (non-hydrogen) atoms. The van der Waals surface area contributed by atoms with Gasteiger partial charge in [0.15, 0.2) is 4.87 Å². The first-order valence-corrected chi connectivity index (χ1v) is 6.26. The van der Waals surface area contributed by atoms with Crippen LogP contribution < -0.4 is 0 Å². The van der Waals surface area contributed by atoms with Gasteiger partial charge in [0.2, 0.25) is 0 Å². The molecule has 0 saturated carbocycles. The summed E-state index contributed by atoms with van der Waals surface area (Å²) in [5.74, 6) is -1.12. The van der Waals surface area contributed by atoms with E-state index in [9.17, 15) is 9.90 Å². The first-order valence-electron chi connectivity index (χ1n) is 5.50. The summed E-state index contributed by atoms with van der Waals surface area (Å²) in [6, 6.07) is 9.60. The average molecular weight is 283 g/mol. The summed E-state index contributed by atoms with van der Waals surface area (Å²) in [7, 11) is 0. The van der Waals surface area contributed by atoms with Crippen molar-refractivity contribution in [1.82, 2.24) is 0 Å². The van der Waals surface area contributed by atoms with Gasteiger partial charge in [-0.3, -0.25) is 0 Å². The summed E-state index contributed by atoms with van der Waals surface area (Å²) in [6.45, 7) is 1.91. The molecule has 0 saturated heterocycles. The van der Waals surface area contributed by atoms with Gasteiger partial charge in [-0.2, -0.15) is 0 Å². The molecule has 1 aliphatic carbocycles. The van der Waals surface area contributed by atoms with E-state index in [2.05, 4.69) is 0 Å². The van der Waals surface area contributed by atoms with Crippen molar-refractivity contribution in [2.45, 2.75) is 18.2 Å². The number of benzene rings is 1. The van der Waals surface area contributed by atoms with Crippen LogP contribution in [-0.4, -0.2) is 16.0 Å². The highest BCUT2D eigenvalue weighted by atomic mass is 35.5. The predicted molar refractivity (Wildman–Crippen MR) is 73.8 cm³/mol. The van der Waals surface area contributed by atoms with Crippen LogP contribution in [0.1, 0.15) is 18.9 Å². The van der Waals surface area contributed by atoms with Crippen molar-refractivity contribution in [3.05, 3.63) is 52.6 Å². The first-order chi connectivity index (χ1) is 8.45. The quantitative estimate of drug-likeness (QED) is 0.831. The average Bonchev–Trinajstić information content (AvgIpc) is 2.35. The number of hydrogen-bond acceptors (Lipinski definition) is 1. The van der Waals surface area contributed by atoms with Crippen molar-refractivity contribution in [3.8, 4) is 0 Å². The molecule has 1 atom stereocenters. The molecule has 1 aromatic carbocycles. The van der Waals surface area contributed by atoms with Crippen LogP contribution in [0.25, 0.3) is 5.57 Å². The lowest BCUT2D eigenvalue weighted by molar-refractivity contribution is -0.138. The van der Waals surface area contributed by atoms with Crippen molar-refractivity contribution >= 4 is 34.7 Å². The molecule has 0 heterocycles. The Bertz CT molecular complexity index is 546. The van der Waals surface area contributed by atoms with E-state index in [1.807, 2.05) is 37.3 Å². The van der Waals surface area contributed by atoms with Crippen LogP contribution >= 0.6 is 23.2 Å². The second-order valence-corrected chi connectivity index (χ2v) is 5.36. The summed E-state index contributed by atoms with van der Waals surface area (Å²) in [6.07, 6.45) is 1.82. The normalized spacial score (nSPS) is 23.8. The lowest BCUT2D eigenvalue weighted by Gasteiger charge is -2.28. The standard InChI is InChI=1S/C14H12Cl2O2/c1-9-7-12(15)14(16,13(17)18)8-11(9)10-5-3-2-4-6-10/h2-7H,8H2,1H3,(H,17,18). The molecule has 0 aromatic heterocycles. The van der Waals surface area contributed by atoms with Gasteiger partial charge >= 0.3 is 5.97 Å². The highest BCUT2D eigenvalue weighted by Gasteiger charge is 2.43. The molecular formula is C14H12Cl2O2. The van der Waals surface area contributed by atoms with Gasteiger partial charge in [-0.05, 0) is 29.7 Å². The zero-order chi connectivity index (χ0) is 13.3. The molecule has 0 aliphatic heterocycles. The van der Waals surface area contributed by atoms with Gasteiger partial charge in [-0.25, -0.2) is 4.79 Å². The fourth-order valence-electron chi connectivity index (χ4n) is 2.01. The molecule has 94 valence electrons. The zero-order valence-corrected chi connectivity index (χ0v) is 11.3. The minimum atomic E-state index is -1.55. The summed E-state index contributed by atoms with van der Waals surface area (Å²) in [4.78, 5) is 9.74. The maximum Gasteiger partial charge on any atom is 0.330 e. The summed E-state index contributed by atoms with van der Waals surface area (Å²) in [5.41, 5.74) is 2.84. The van der Waals surface area contributed by atoms with E-state index in [4.69, 9.17) is 23.2 Å². The second kappa shape index (κ2) is 4.79. The maximum atomic E-state index is 11.3. The number of allylic oxidation sites excluding steroid dienone is 3. The van der Waals surface area contributed by atoms with Gasteiger partial charge in [0, 0.05) is 6.42 Å². The van der Waals surface area contributed by atoms with Crippen molar-refractivity contribution in [3.63, 3.8) is 0 Å². The minimum Gasteiger partial charge on any atom is -0.480 e. The SMILES string of the molecule is CC1=C(c2ccccc2)CC(Cl)(C(=O)O)C(Cl)=C1. The lowest BCUT2D eigenvalue weighted by Crippen LogP contribution is -2.35. The summed E-state index contributed by atoms with van der Waals surface area (Å²) >= 11 is 12.1. The van der Waals surface area contributed by atoms with Crippen molar-refractivity contribution < 1.29 is 9.90 Å². The number of alkyl halides is 1. The number of carboxylic acid groups (broad SMARTS) is 1. The highest BCUT2D eigenvalue weighted by molar-refractivity contribution is 6.46. The van der Waals surface area contributed by atoms with Crippen LogP contribution in [0.4, 0.5) is 0 Å². The number of carbonyl (C=O) groups is 1. The third-order valence-electron chi connectivity index (χ3n) is 3.08. The van der Waals surface area contributed by atoms with E-state index in [-0.39, 0.29) is 11.5 Å². The van der Waals surface area contributed by atoms with Crippen LogP contribution in [0, 0.1) is 0 Å². The summed E-state index contributed by atoms with van der Waals surface area (Å²) < 4.78 is 0. The van der Waals surface area contributed by atoms with Crippen molar-refractivity contribution in [2.75, 3.05) is 0 Å². The van der Waals surface area contributed by atoms with Gasteiger partial charge in [0.05, 0.1) is 5.03 Å². The largest absolute Gasteiger partial charge is 0.480 e. The molecule has 2 rings (SSSR count). The number of halogens is 2. The molecule has 0 fully saturated rings. The second-order valence-electron chi connectivity index (χ2n) is 4.30. The lowest BCUT2D eigenvalue weighted by atomic mass is 9.85. The Morgan fingerprint density at radius 2 is 1.94 bits per heavy atom. The minimum absolute atomic E-state index is 0.161. The number of carboxylic acids is 1. The Hall–Kier alpha value is -1.25. The van der Waals surface area contributed by atoms with Crippen molar-refractivity contribution in [2.24, 2.45) is 0 Å². The molecule has 0 radical (unpaired) electrons. The maximum absolute atomic E-state index is 11.3. The van der Waals surface area contributed by atoms with E-state index < -0.39 is 10.8 Å². The topological polar surface area (TPSA) is 37.3 Å². The highest BCUT2D eigenvalue weighted by Crippen LogP contribution is 2.43. The van der Waals surface area contributed by atoms with E-state index in [1.54, 1.807) is 6.08 Å². The Morgan fingerprint density at radius 1 is 1.33 bits per heavy atom. The van der Waals surface area contributed by atoms with E-state index >= 15 is 0 Å². The third kappa shape index (κ3) is 2.18. The molecule has 2 nitrogen and oxygen atoms in total. The number of hydrogen-bond donors (Lipinski definition) is 1. The van der Waals surface area contributed by atoms with Crippen LogP contribution in [0.15, 0.2) is 47.0 Å². The fourth-order valence-corrected chi connectivity index (χ4v) is 2.51. The van der Waals surface area contributed by atoms with Crippen LogP contribution in [0.3, 0.4) is 0 Å². The van der Waals surface area contributed by atoms with E-state index in [0.29, 0.717) is 0 Å². The smallest absolute Gasteiger partial charge is 0.330 e. The molecular weight excluding hydrogens is 271 g/mol. The fraction of sp³-hybridized carbons (Fsp3) is 0.214. The molecule has 0 amide bonds. The van der Waals surface area contributed by atoms with Crippen LogP contribution in [0.5, 0.6) is 0 Å². The Morgan fingerprint density at radius 3 is 2.50 bits per heavy atom. The van der Waals surface area contributed by atoms with Crippen LogP contribution in [-0.2, 0) is 4.79 Å². The van der Waals surface area contributed by atoms with E-state index in [0.717, 1.165) is 16.7 Å². The molecule has 0 spiro atoms. The van der Waals surface area contributed by atoms with Gasteiger partial charge in [0.1, 0.15) is 0 Å². The van der Waals surface area contributed by atoms with Gasteiger partial charge in [0.25, 0.3) is 0 Å². The molecule has 1 aliphatic rings. The molecule has 1 N–H and O–H groups in total. The third-order valence-corrected chi connectivity index (χ3v) is 4.11.